The molecule has 1 aliphatic carbocycles. The Kier molecular flexibility index (Phi) is 7.29. The molecule has 0 spiro atoms. The number of pyridine rings is 1. The first-order valence-corrected chi connectivity index (χ1v) is 10.4. The number of fused-ring (bicyclic) bond motifs is 2. The van der Waals surface area contributed by atoms with E-state index >= 15 is 0 Å². The number of likely N-dealkylation sites (tertiary alicyclic amines) is 1. The molecule has 1 saturated heterocycles. The highest BCUT2D eigenvalue weighted by Crippen LogP contribution is 2.38. The number of aromatic nitrogens is 1. The topological polar surface area (TPSA) is 62.7 Å². The number of aliphatic hydroxyl groups is 1. The van der Waals surface area contributed by atoms with Crippen molar-refractivity contribution in [3.05, 3.63) is 69.5 Å². The molecule has 0 bridgehead atoms. The summed E-state index contributed by atoms with van der Waals surface area (Å²) in [5, 5.41) is 7.77. The van der Waals surface area contributed by atoms with Gasteiger partial charge in [-0.15, -0.1) is 0 Å². The van der Waals surface area contributed by atoms with Crippen LogP contribution < -0.4 is 0 Å². The van der Waals surface area contributed by atoms with Crippen LogP contribution in [0.4, 0.5) is 4.79 Å². The maximum Gasteiger partial charge on any atom is 0.409 e. The molecule has 5 nitrogen and oxygen atoms in total. The van der Waals surface area contributed by atoms with Crippen molar-refractivity contribution in [2.24, 2.45) is 0 Å². The Bertz CT molecular complexity index is 901. The molecule has 0 atom stereocenters. The van der Waals surface area contributed by atoms with Gasteiger partial charge >= 0.3 is 6.09 Å². The third-order valence-electron chi connectivity index (χ3n) is 5.37. The minimum atomic E-state index is -0.215. The van der Waals surface area contributed by atoms with E-state index in [-0.39, 0.29) is 6.09 Å². The van der Waals surface area contributed by atoms with Gasteiger partial charge < -0.3 is 14.7 Å². The number of carbonyl (C=O) groups is 1. The molecule has 0 unspecified atom stereocenters. The van der Waals surface area contributed by atoms with Crippen LogP contribution in [0, 0.1) is 0 Å². The van der Waals surface area contributed by atoms with E-state index in [1.54, 1.807) is 4.90 Å². The van der Waals surface area contributed by atoms with E-state index in [2.05, 4.69) is 18.2 Å². The maximum atomic E-state index is 12.0. The second-order valence-electron chi connectivity index (χ2n) is 6.98. The van der Waals surface area contributed by atoms with Gasteiger partial charge in [-0.1, -0.05) is 29.3 Å². The molecule has 1 fully saturated rings. The Morgan fingerprint density at radius 1 is 1.14 bits per heavy atom. The molecule has 0 saturated carbocycles. The van der Waals surface area contributed by atoms with Crippen molar-refractivity contribution in [3.8, 4) is 0 Å². The van der Waals surface area contributed by atoms with Crippen LogP contribution in [0.1, 0.15) is 42.1 Å². The quantitative estimate of drug-likeness (QED) is 0.746. The first-order chi connectivity index (χ1) is 14.2. The molecule has 1 aromatic heterocycles. The number of halogens is 1. The highest BCUT2D eigenvalue weighted by molar-refractivity contribution is 6.30. The van der Waals surface area contributed by atoms with E-state index in [1.165, 1.54) is 27.8 Å². The van der Waals surface area contributed by atoms with E-state index in [4.69, 9.17) is 26.4 Å². The molecule has 2 heterocycles. The summed E-state index contributed by atoms with van der Waals surface area (Å²) >= 11 is 6.27. The average Bonchev–Trinajstić information content (AvgIpc) is 2.92. The summed E-state index contributed by atoms with van der Waals surface area (Å²) in [4.78, 5) is 18.6. The van der Waals surface area contributed by atoms with E-state index in [9.17, 15) is 4.79 Å². The number of carbonyl (C=O) groups excluding carboxylic acids is 1. The molecule has 1 aliphatic heterocycles. The lowest BCUT2D eigenvalue weighted by molar-refractivity contribution is 0.104. The third kappa shape index (κ3) is 4.62. The van der Waals surface area contributed by atoms with E-state index < -0.39 is 0 Å². The summed E-state index contributed by atoms with van der Waals surface area (Å²) in [5.41, 5.74) is 7.46. The van der Waals surface area contributed by atoms with Gasteiger partial charge in [-0.25, -0.2) is 4.79 Å². The summed E-state index contributed by atoms with van der Waals surface area (Å²) in [7, 11) is 1.00. The average molecular weight is 415 g/mol. The normalized spacial score (nSPS) is 15.5. The van der Waals surface area contributed by atoms with Crippen LogP contribution in [0.15, 0.2) is 42.1 Å². The van der Waals surface area contributed by atoms with Crippen molar-refractivity contribution in [2.45, 2.75) is 32.6 Å². The fraction of sp³-hybridized carbons (Fsp3) is 0.391. The zero-order valence-electron chi connectivity index (χ0n) is 16.9. The molecule has 1 N–H and O–H groups in total. The molecular formula is C23H27ClN2O3. The lowest BCUT2D eigenvalue weighted by Crippen LogP contribution is -2.37. The predicted molar refractivity (Wildman–Crippen MR) is 115 cm³/mol. The van der Waals surface area contributed by atoms with E-state index in [1.807, 2.05) is 25.3 Å². The van der Waals surface area contributed by atoms with Crippen molar-refractivity contribution in [1.29, 1.82) is 0 Å². The molecule has 1 aromatic carbocycles. The smallest absolute Gasteiger partial charge is 0.409 e. The maximum absolute atomic E-state index is 12.0. The second kappa shape index (κ2) is 9.90. The fourth-order valence-corrected chi connectivity index (χ4v) is 4.25. The van der Waals surface area contributed by atoms with Gasteiger partial charge in [0.25, 0.3) is 0 Å². The number of aliphatic hydroxyl groups excluding tert-OH is 1. The lowest BCUT2D eigenvalue weighted by Gasteiger charge is -2.29. The second-order valence-corrected chi connectivity index (χ2v) is 7.41. The number of benzene rings is 1. The number of piperidine rings is 1. The van der Waals surface area contributed by atoms with Crippen molar-refractivity contribution in [2.75, 3.05) is 26.8 Å². The summed E-state index contributed by atoms with van der Waals surface area (Å²) in [6, 6.07) is 10.3. The lowest BCUT2D eigenvalue weighted by atomic mass is 9.88. The molecule has 4 rings (SSSR count). The Hall–Kier alpha value is -2.37. The monoisotopic (exact) mass is 414 g/mol. The predicted octanol–water partition coefficient (Wildman–Crippen LogP) is 4.50. The summed E-state index contributed by atoms with van der Waals surface area (Å²) in [6.45, 7) is 3.62. The van der Waals surface area contributed by atoms with E-state index in [0.29, 0.717) is 19.7 Å². The summed E-state index contributed by atoms with van der Waals surface area (Å²) < 4.78 is 5.15. The Labute approximate surface area is 177 Å². The van der Waals surface area contributed by atoms with Crippen molar-refractivity contribution in [3.63, 3.8) is 0 Å². The molecular weight excluding hydrogens is 388 g/mol. The molecule has 6 heteroatoms. The molecule has 154 valence electrons. The van der Waals surface area contributed by atoms with Crippen LogP contribution in [0.2, 0.25) is 5.02 Å². The highest BCUT2D eigenvalue weighted by Gasteiger charge is 2.26. The molecule has 2 aromatic rings. The highest BCUT2D eigenvalue weighted by atomic mass is 35.5. The van der Waals surface area contributed by atoms with Gasteiger partial charge in [-0.3, -0.25) is 4.98 Å². The minimum Gasteiger partial charge on any atom is -0.450 e. The Morgan fingerprint density at radius 2 is 1.86 bits per heavy atom. The van der Waals surface area contributed by atoms with Gasteiger partial charge in [0.15, 0.2) is 0 Å². The van der Waals surface area contributed by atoms with Gasteiger partial charge in [0.2, 0.25) is 0 Å². The summed E-state index contributed by atoms with van der Waals surface area (Å²) in [6.07, 6.45) is 5.25. The molecule has 0 radical (unpaired) electrons. The molecule has 29 heavy (non-hydrogen) atoms. The first kappa shape index (κ1) is 21.3. The van der Waals surface area contributed by atoms with Gasteiger partial charge in [-0.2, -0.15) is 0 Å². The van der Waals surface area contributed by atoms with Crippen LogP contribution in [-0.4, -0.2) is 47.9 Å². The number of aryl methyl sites for hydroxylation is 2. The van der Waals surface area contributed by atoms with E-state index in [0.717, 1.165) is 43.5 Å². The first-order valence-electron chi connectivity index (χ1n) is 9.99. The van der Waals surface area contributed by atoms with Crippen LogP contribution in [0.25, 0.3) is 5.57 Å². The Balaban J connectivity index is 0.00000117. The number of hydrogen-bond acceptors (Lipinski definition) is 4. The standard InChI is InChI=1S/C22H23ClN2O2.CH4O/c1-2-27-22(26)25-12-9-15(10-13-25)20-19-8-7-18(23)14-17(19)6-5-16-4-3-11-24-21(16)20;1-2/h3-4,7-8,11,14H,2,5-6,9-10,12-13H2,1H3;2H,1H3. The zero-order chi connectivity index (χ0) is 20.8. The Morgan fingerprint density at radius 3 is 2.59 bits per heavy atom. The number of nitrogens with zero attached hydrogens (tertiary/aromatic N) is 2. The van der Waals surface area contributed by atoms with Crippen LogP contribution >= 0.6 is 11.6 Å². The zero-order valence-corrected chi connectivity index (χ0v) is 17.7. The molecule has 1 amide bonds. The van der Waals surface area contributed by atoms with Crippen LogP contribution in [0.5, 0.6) is 0 Å². The van der Waals surface area contributed by atoms with Crippen molar-refractivity contribution < 1.29 is 14.6 Å². The van der Waals surface area contributed by atoms with Gasteiger partial charge in [-0.05, 0) is 67.5 Å². The van der Waals surface area contributed by atoms with Gasteiger partial charge in [0, 0.05) is 37.0 Å². The number of hydrogen-bond donors (Lipinski definition) is 1. The fourth-order valence-electron chi connectivity index (χ4n) is 4.06. The van der Waals surface area contributed by atoms with Crippen molar-refractivity contribution in [1.82, 2.24) is 9.88 Å². The SMILES string of the molecule is CCOC(=O)N1CCC(=C2c3ccc(Cl)cc3CCc3cccnc32)CC1.CO. The number of rotatable bonds is 1. The van der Waals surface area contributed by atoms with Crippen LogP contribution in [-0.2, 0) is 17.6 Å². The van der Waals surface area contributed by atoms with Crippen molar-refractivity contribution >= 4 is 23.3 Å². The number of ether oxygens (including phenoxy) is 1. The van der Waals surface area contributed by atoms with Gasteiger partial charge in [0.05, 0.1) is 12.3 Å². The number of amides is 1. The summed E-state index contributed by atoms with van der Waals surface area (Å²) in [5.74, 6) is 0. The molecule has 2 aliphatic rings. The largest absolute Gasteiger partial charge is 0.450 e. The van der Waals surface area contributed by atoms with Gasteiger partial charge in [0.1, 0.15) is 0 Å². The van der Waals surface area contributed by atoms with Crippen LogP contribution in [0.3, 0.4) is 0 Å². The third-order valence-corrected chi connectivity index (χ3v) is 5.61. The minimum absolute atomic E-state index is 0.215.